The monoisotopic (exact) mass is 433 g/mol. The highest BCUT2D eigenvalue weighted by Crippen LogP contribution is 2.29. The highest BCUT2D eigenvalue weighted by Gasteiger charge is 2.12. The van der Waals surface area contributed by atoms with E-state index >= 15 is 0 Å². The van der Waals surface area contributed by atoms with Gasteiger partial charge in [-0.25, -0.2) is 0 Å². The van der Waals surface area contributed by atoms with Gasteiger partial charge in [0, 0.05) is 26.1 Å². The second-order valence-corrected chi connectivity index (χ2v) is 7.09. The lowest BCUT2D eigenvalue weighted by molar-refractivity contribution is -0.0512. The number of nitrogens with one attached hydrogen (secondary N) is 2. The van der Waals surface area contributed by atoms with Crippen LogP contribution in [0.2, 0.25) is 0 Å². The molecule has 3 rings (SSSR count). The van der Waals surface area contributed by atoms with Crippen molar-refractivity contribution in [2.75, 3.05) is 33.4 Å². The van der Waals surface area contributed by atoms with Crippen LogP contribution in [0.25, 0.3) is 0 Å². The average molecular weight is 433 g/mol. The second kappa shape index (κ2) is 11.4. The molecule has 2 aromatic rings. The Balaban J connectivity index is 1.52. The van der Waals surface area contributed by atoms with Crippen LogP contribution in [-0.4, -0.2) is 45.9 Å². The van der Waals surface area contributed by atoms with Gasteiger partial charge < -0.3 is 24.8 Å². The molecule has 1 aliphatic heterocycles. The zero-order valence-corrected chi connectivity index (χ0v) is 17.9. The van der Waals surface area contributed by atoms with Gasteiger partial charge in [-0.15, -0.1) is 0 Å². The first-order chi connectivity index (χ1) is 15.1. The van der Waals surface area contributed by atoms with E-state index in [-0.39, 0.29) is 11.5 Å². The Kier molecular flexibility index (Phi) is 8.32. The molecule has 168 valence electrons. The van der Waals surface area contributed by atoms with Crippen LogP contribution < -0.4 is 24.8 Å². The number of rotatable bonds is 10. The number of ether oxygens (including phenoxy) is 3. The molecule has 6 nitrogen and oxygen atoms in total. The van der Waals surface area contributed by atoms with E-state index in [1.54, 1.807) is 12.1 Å². The van der Waals surface area contributed by atoms with Gasteiger partial charge in [0.2, 0.25) is 0 Å². The van der Waals surface area contributed by atoms with Crippen molar-refractivity contribution in [3.63, 3.8) is 0 Å². The number of alkyl halides is 2. The molecule has 2 N–H and O–H groups in total. The Morgan fingerprint density at radius 2 is 1.90 bits per heavy atom. The van der Waals surface area contributed by atoms with Crippen LogP contribution in [-0.2, 0) is 19.3 Å². The van der Waals surface area contributed by atoms with E-state index in [1.165, 1.54) is 18.2 Å². The summed E-state index contributed by atoms with van der Waals surface area (Å²) in [5, 5.41) is 6.57. The zero-order valence-electron chi connectivity index (χ0n) is 17.9. The number of methoxy groups -OCH3 is 1. The van der Waals surface area contributed by atoms with E-state index in [0.29, 0.717) is 13.0 Å². The number of guanidine groups is 1. The highest BCUT2D eigenvalue weighted by molar-refractivity contribution is 5.79. The van der Waals surface area contributed by atoms with Gasteiger partial charge in [0.1, 0.15) is 5.75 Å². The normalized spacial score (nSPS) is 13.0. The summed E-state index contributed by atoms with van der Waals surface area (Å²) in [6.45, 7) is 1.88. The summed E-state index contributed by atoms with van der Waals surface area (Å²) in [5.41, 5.74) is 3.38. The molecule has 8 heteroatoms. The fourth-order valence-electron chi connectivity index (χ4n) is 3.42. The lowest BCUT2D eigenvalue weighted by atomic mass is 10.1. The van der Waals surface area contributed by atoms with Gasteiger partial charge >= 0.3 is 6.61 Å². The standard InChI is InChI=1S/C23H29F2N3O3/c1-3-26-23(27-11-8-16-4-6-19-18(14-16)10-13-30-19)28-12-9-17-5-7-20(29-2)21(15-17)31-22(24)25/h4-7,14-15,22H,3,8-13H2,1-2H3,(H2,26,27,28). The molecule has 0 saturated heterocycles. The number of fused-ring (bicyclic) bond motifs is 1. The third kappa shape index (κ3) is 6.73. The van der Waals surface area contributed by atoms with Gasteiger partial charge in [-0.3, -0.25) is 4.99 Å². The van der Waals surface area contributed by atoms with Gasteiger partial charge in [0.05, 0.1) is 13.7 Å². The number of benzene rings is 2. The van der Waals surface area contributed by atoms with Crippen molar-refractivity contribution in [1.29, 1.82) is 0 Å². The van der Waals surface area contributed by atoms with Crippen molar-refractivity contribution in [2.45, 2.75) is 32.8 Å². The summed E-state index contributed by atoms with van der Waals surface area (Å²) in [6.07, 6.45) is 2.44. The van der Waals surface area contributed by atoms with Gasteiger partial charge in [-0.1, -0.05) is 18.2 Å². The molecule has 1 aliphatic rings. The molecule has 1 heterocycles. The molecule has 0 amide bonds. The summed E-state index contributed by atoms with van der Waals surface area (Å²) >= 11 is 0. The smallest absolute Gasteiger partial charge is 0.387 e. The molecule has 0 radical (unpaired) electrons. The van der Waals surface area contributed by atoms with Crippen LogP contribution in [0.3, 0.4) is 0 Å². The first kappa shape index (κ1) is 22.7. The minimum absolute atomic E-state index is 0.0313. The Morgan fingerprint density at radius 1 is 1.10 bits per heavy atom. The summed E-state index contributed by atoms with van der Waals surface area (Å²) in [5.74, 6) is 2.03. The molecule has 0 aliphatic carbocycles. The molecule has 0 unspecified atom stereocenters. The van der Waals surface area contributed by atoms with Crippen LogP contribution in [0.4, 0.5) is 8.78 Å². The van der Waals surface area contributed by atoms with Gasteiger partial charge in [-0.2, -0.15) is 8.78 Å². The number of hydrogen-bond donors (Lipinski definition) is 2. The molecule has 31 heavy (non-hydrogen) atoms. The van der Waals surface area contributed by atoms with Crippen molar-refractivity contribution < 1.29 is 23.0 Å². The van der Waals surface area contributed by atoms with Gasteiger partial charge in [-0.05, 0) is 54.7 Å². The molecule has 0 bridgehead atoms. The molecular weight excluding hydrogens is 404 g/mol. The van der Waals surface area contributed by atoms with Crippen LogP contribution in [0.15, 0.2) is 41.4 Å². The van der Waals surface area contributed by atoms with Crippen LogP contribution >= 0.6 is 0 Å². The predicted octanol–water partition coefficient (Wildman–Crippen LogP) is 3.57. The van der Waals surface area contributed by atoms with E-state index in [0.717, 1.165) is 49.8 Å². The minimum atomic E-state index is -2.90. The van der Waals surface area contributed by atoms with E-state index in [1.807, 2.05) is 19.1 Å². The SMILES string of the molecule is CCNC(=NCCc1ccc(OC)c(OC(F)F)c1)NCCc1ccc2c(c1)CCO2. The molecule has 0 aromatic heterocycles. The number of halogens is 2. The molecule has 0 spiro atoms. The highest BCUT2D eigenvalue weighted by atomic mass is 19.3. The second-order valence-electron chi connectivity index (χ2n) is 7.09. The minimum Gasteiger partial charge on any atom is -0.493 e. The van der Waals surface area contributed by atoms with E-state index in [4.69, 9.17) is 9.47 Å². The Bertz CT molecular complexity index is 890. The van der Waals surface area contributed by atoms with Crippen LogP contribution in [0, 0.1) is 0 Å². The van der Waals surface area contributed by atoms with Crippen molar-refractivity contribution >= 4 is 5.96 Å². The first-order valence-electron chi connectivity index (χ1n) is 10.5. The maximum absolute atomic E-state index is 12.6. The molecule has 0 fully saturated rings. The van der Waals surface area contributed by atoms with E-state index in [9.17, 15) is 8.78 Å². The third-order valence-electron chi connectivity index (χ3n) is 4.92. The van der Waals surface area contributed by atoms with E-state index < -0.39 is 6.61 Å². The summed E-state index contributed by atoms with van der Waals surface area (Å²) in [7, 11) is 1.42. The maximum atomic E-state index is 12.6. The number of nitrogens with zero attached hydrogens (tertiary/aromatic N) is 1. The van der Waals surface area contributed by atoms with Crippen LogP contribution in [0.5, 0.6) is 17.2 Å². The predicted molar refractivity (Wildman–Crippen MR) is 117 cm³/mol. The van der Waals surface area contributed by atoms with Crippen molar-refractivity contribution in [3.05, 3.63) is 53.1 Å². The lowest BCUT2D eigenvalue weighted by Crippen LogP contribution is -2.38. The van der Waals surface area contributed by atoms with Crippen molar-refractivity contribution in [2.24, 2.45) is 4.99 Å². The maximum Gasteiger partial charge on any atom is 0.387 e. The Hall–Kier alpha value is -3.03. The summed E-state index contributed by atoms with van der Waals surface area (Å²) in [4.78, 5) is 4.59. The number of aliphatic imine (C=N–C) groups is 1. The molecular formula is C23H29F2N3O3. The molecule has 0 atom stereocenters. The Morgan fingerprint density at radius 3 is 2.68 bits per heavy atom. The molecule has 0 saturated carbocycles. The fourth-order valence-corrected chi connectivity index (χ4v) is 3.42. The Labute approximate surface area is 181 Å². The van der Waals surface area contributed by atoms with Crippen molar-refractivity contribution in [1.82, 2.24) is 10.6 Å². The average Bonchev–Trinajstić information content (AvgIpc) is 3.21. The lowest BCUT2D eigenvalue weighted by Gasteiger charge is -2.13. The molecule has 2 aromatic carbocycles. The number of hydrogen-bond acceptors (Lipinski definition) is 4. The first-order valence-corrected chi connectivity index (χ1v) is 10.5. The largest absolute Gasteiger partial charge is 0.493 e. The zero-order chi connectivity index (χ0) is 22.1. The van der Waals surface area contributed by atoms with Crippen molar-refractivity contribution in [3.8, 4) is 17.2 Å². The quantitative estimate of drug-likeness (QED) is 0.443. The van der Waals surface area contributed by atoms with Crippen LogP contribution in [0.1, 0.15) is 23.6 Å². The van der Waals surface area contributed by atoms with E-state index in [2.05, 4.69) is 32.5 Å². The van der Waals surface area contributed by atoms with Gasteiger partial charge in [0.25, 0.3) is 0 Å². The summed E-state index contributed by atoms with van der Waals surface area (Å²) < 4.78 is 40.3. The fraction of sp³-hybridized carbons (Fsp3) is 0.435. The summed E-state index contributed by atoms with van der Waals surface area (Å²) in [6, 6.07) is 11.4. The van der Waals surface area contributed by atoms with Gasteiger partial charge in [0.15, 0.2) is 17.5 Å². The topological polar surface area (TPSA) is 64.1 Å². The third-order valence-corrected chi connectivity index (χ3v) is 4.92.